The molecule has 0 bridgehead atoms. The van der Waals surface area contributed by atoms with Crippen LogP contribution in [0.5, 0.6) is 0 Å². The Morgan fingerprint density at radius 2 is 2.17 bits per heavy atom. The lowest BCUT2D eigenvalue weighted by atomic mass is 9.93. The van der Waals surface area contributed by atoms with Crippen molar-refractivity contribution in [3.05, 3.63) is 65.0 Å². The summed E-state index contributed by atoms with van der Waals surface area (Å²) < 4.78 is 0. The van der Waals surface area contributed by atoms with Crippen molar-refractivity contribution >= 4 is 6.03 Å². The van der Waals surface area contributed by atoms with E-state index in [4.69, 9.17) is 0 Å². The van der Waals surface area contributed by atoms with E-state index in [-0.39, 0.29) is 18.7 Å². The van der Waals surface area contributed by atoms with Gasteiger partial charge in [0.1, 0.15) is 0 Å². The second kappa shape index (κ2) is 7.45. The van der Waals surface area contributed by atoms with Gasteiger partial charge in [-0.25, -0.2) is 4.79 Å². The largest absolute Gasteiger partial charge is 0.394 e. The van der Waals surface area contributed by atoms with Crippen LogP contribution in [0.3, 0.4) is 0 Å². The third-order valence-electron chi connectivity index (χ3n) is 4.51. The number of aliphatic hydroxyl groups is 1. The molecule has 5 heteroatoms. The van der Waals surface area contributed by atoms with Crippen molar-refractivity contribution in [1.82, 2.24) is 15.2 Å². The van der Waals surface area contributed by atoms with Gasteiger partial charge in [-0.05, 0) is 42.5 Å². The number of nitrogens with one attached hydrogen (secondary N) is 1. The molecular formula is C19H23N3O2. The topological polar surface area (TPSA) is 65.5 Å². The Labute approximate surface area is 142 Å². The van der Waals surface area contributed by atoms with Crippen molar-refractivity contribution in [2.75, 3.05) is 19.7 Å². The Balaban J connectivity index is 1.59. The molecule has 0 spiro atoms. The minimum Gasteiger partial charge on any atom is -0.394 e. The first kappa shape index (κ1) is 16.5. The second-order valence-electron chi connectivity index (χ2n) is 6.13. The summed E-state index contributed by atoms with van der Waals surface area (Å²) in [6, 6.07) is 11.6. The minimum absolute atomic E-state index is 0.0632. The van der Waals surface area contributed by atoms with E-state index in [1.54, 1.807) is 4.90 Å². The third kappa shape index (κ3) is 3.57. The van der Waals surface area contributed by atoms with Gasteiger partial charge in [0.25, 0.3) is 0 Å². The molecule has 126 valence electrons. The Bertz CT molecular complexity index is 700. The number of aromatic nitrogens is 1. The standard InChI is InChI=1S/C19H23N3O2/c1-14-6-7-15(12-21-14)8-10-20-19(24)22-11-9-16-4-2-3-5-17(16)18(22)13-23/h2-7,12,18,23H,8-11,13H2,1H3,(H,20,24)/t18-/m1/s1. The zero-order valence-corrected chi connectivity index (χ0v) is 13.9. The Morgan fingerprint density at radius 1 is 1.33 bits per heavy atom. The van der Waals surface area contributed by atoms with Gasteiger partial charge in [0.15, 0.2) is 0 Å². The maximum absolute atomic E-state index is 12.5. The highest BCUT2D eigenvalue weighted by atomic mass is 16.3. The lowest BCUT2D eigenvalue weighted by Gasteiger charge is -2.36. The smallest absolute Gasteiger partial charge is 0.318 e. The Hall–Kier alpha value is -2.40. The highest BCUT2D eigenvalue weighted by molar-refractivity contribution is 5.75. The highest BCUT2D eigenvalue weighted by Crippen LogP contribution is 2.29. The van der Waals surface area contributed by atoms with Crippen molar-refractivity contribution < 1.29 is 9.90 Å². The van der Waals surface area contributed by atoms with E-state index < -0.39 is 0 Å². The van der Waals surface area contributed by atoms with Gasteiger partial charge in [-0.2, -0.15) is 0 Å². The molecule has 0 saturated carbocycles. The van der Waals surface area contributed by atoms with Gasteiger partial charge in [-0.1, -0.05) is 30.3 Å². The fourth-order valence-electron chi connectivity index (χ4n) is 3.15. The molecule has 1 aromatic heterocycles. The molecule has 2 aromatic rings. The average molecular weight is 325 g/mol. The first-order chi connectivity index (χ1) is 11.7. The average Bonchev–Trinajstić information content (AvgIpc) is 2.62. The Kier molecular flexibility index (Phi) is 5.11. The second-order valence-corrected chi connectivity index (χ2v) is 6.13. The van der Waals surface area contributed by atoms with Crippen LogP contribution >= 0.6 is 0 Å². The molecule has 3 rings (SSSR count). The van der Waals surface area contributed by atoms with Gasteiger partial charge in [-0.15, -0.1) is 0 Å². The Morgan fingerprint density at radius 3 is 2.92 bits per heavy atom. The van der Waals surface area contributed by atoms with Crippen LogP contribution in [-0.2, 0) is 12.8 Å². The molecule has 1 aliphatic rings. The number of amides is 2. The summed E-state index contributed by atoms with van der Waals surface area (Å²) in [6.45, 7) is 3.07. The zero-order chi connectivity index (χ0) is 16.9. The first-order valence-corrected chi connectivity index (χ1v) is 8.33. The normalized spacial score (nSPS) is 16.6. The minimum atomic E-state index is -0.268. The van der Waals surface area contributed by atoms with Crippen LogP contribution in [0.1, 0.15) is 28.4 Å². The maximum atomic E-state index is 12.5. The van der Waals surface area contributed by atoms with Crippen molar-refractivity contribution in [1.29, 1.82) is 0 Å². The quantitative estimate of drug-likeness (QED) is 0.906. The van der Waals surface area contributed by atoms with Crippen molar-refractivity contribution in [3.63, 3.8) is 0 Å². The van der Waals surface area contributed by atoms with E-state index in [9.17, 15) is 9.90 Å². The van der Waals surface area contributed by atoms with Gasteiger partial charge in [-0.3, -0.25) is 4.98 Å². The molecule has 1 atom stereocenters. The van der Waals surface area contributed by atoms with Crippen LogP contribution in [-0.4, -0.2) is 40.7 Å². The molecular weight excluding hydrogens is 302 g/mol. The number of fused-ring (bicyclic) bond motifs is 1. The predicted molar refractivity (Wildman–Crippen MR) is 92.8 cm³/mol. The van der Waals surface area contributed by atoms with Crippen molar-refractivity contribution in [3.8, 4) is 0 Å². The van der Waals surface area contributed by atoms with Gasteiger partial charge in [0.05, 0.1) is 12.6 Å². The number of hydrogen-bond donors (Lipinski definition) is 2. The first-order valence-electron chi connectivity index (χ1n) is 8.33. The van der Waals surface area contributed by atoms with Crippen LogP contribution in [0.4, 0.5) is 4.79 Å². The van der Waals surface area contributed by atoms with Crippen molar-refractivity contribution in [2.45, 2.75) is 25.8 Å². The van der Waals surface area contributed by atoms with E-state index >= 15 is 0 Å². The molecule has 0 fully saturated rings. The number of nitrogens with zero attached hydrogens (tertiary/aromatic N) is 2. The van der Waals surface area contributed by atoms with E-state index in [1.165, 1.54) is 5.56 Å². The molecule has 5 nitrogen and oxygen atoms in total. The lowest BCUT2D eigenvalue weighted by molar-refractivity contribution is 0.127. The highest BCUT2D eigenvalue weighted by Gasteiger charge is 2.29. The third-order valence-corrected chi connectivity index (χ3v) is 4.51. The molecule has 0 aliphatic carbocycles. The van der Waals surface area contributed by atoms with E-state index in [0.717, 1.165) is 29.7 Å². The van der Waals surface area contributed by atoms with Gasteiger partial charge in [0, 0.05) is 25.0 Å². The van der Waals surface area contributed by atoms with Gasteiger partial charge in [0.2, 0.25) is 0 Å². The van der Waals surface area contributed by atoms with Gasteiger partial charge >= 0.3 is 6.03 Å². The summed E-state index contributed by atoms with van der Waals surface area (Å²) in [5.74, 6) is 0. The van der Waals surface area contributed by atoms with E-state index in [1.807, 2.05) is 43.5 Å². The number of carbonyl (C=O) groups excluding carboxylic acids is 1. The fraction of sp³-hybridized carbons (Fsp3) is 0.368. The SMILES string of the molecule is Cc1ccc(CCNC(=O)N2CCc3ccccc3[C@H]2CO)cn1. The van der Waals surface area contributed by atoms with Crippen LogP contribution < -0.4 is 5.32 Å². The monoisotopic (exact) mass is 325 g/mol. The summed E-state index contributed by atoms with van der Waals surface area (Å²) in [4.78, 5) is 18.5. The molecule has 1 aromatic carbocycles. The molecule has 2 amide bonds. The van der Waals surface area contributed by atoms with Crippen LogP contribution in [0, 0.1) is 6.92 Å². The zero-order valence-electron chi connectivity index (χ0n) is 13.9. The fourth-order valence-corrected chi connectivity index (χ4v) is 3.15. The van der Waals surface area contributed by atoms with E-state index in [0.29, 0.717) is 13.1 Å². The number of aryl methyl sites for hydroxylation is 1. The molecule has 0 unspecified atom stereocenters. The summed E-state index contributed by atoms with van der Waals surface area (Å²) in [5, 5.41) is 12.7. The summed E-state index contributed by atoms with van der Waals surface area (Å²) in [5.41, 5.74) is 4.35. The van der Waals surface area contributed by atoms with Crippen LogP contribution in [0.25, 0.3) is 0 Å². The summed E-state index contributed by atoms with van der Waals surface area (Å²) in [7, 11) is 0. The molecule has 2 N–H and O–H groups in total. The number of carbonyl (C=O) groups is 1. The molecule has 1 aliphatic heterocycles. The predicted octanol–water partition coefficient (Wildman–Crippen LogP) is 2.23. The number of pyridine rings is 1. The van der Waals surface area contributed by atoms with Crippen molar-refractivity contribution in [2.24, 2.45) is 0 Å². The molecule has 24 heavy (non-hydrogen) atoms. The number of hydrogen-bond acceptors (Lipinski definition) is 3. The maximum Gasteiger partial charge on any atom is 0.318 e. The van der Waals surface area contributed by atoms with Gasteiger partial charge < -0.3 is 15.3 Å². The molecule has 0 radical (unpaired) electrons. The number of rotatable bonds is 4. The number of aliphatic hydroxyl groups excluding tert-OH is 1. The number of benzene rings is 1. The molecule has 2 heterocycles. The molecule has 0 saturated heterocycles. The van der Waals surface area contributed by atoms with E-state index in [2.05, 4.69) is 16.4 Å². The van der Waals surface area contributed by atoms with Crippen LogP contribution in [0.2, 0.25) is 0 Å². The summed E-state index contributed by atoms with van der Waals surface area (Å²) >= 11 is 0. The lowest BCUT2D eigenvalue weighted by Crippen LogP contribution is -2.47. The summed E-state index contributed by atoms with van der Waals surface area (Å²) in [6.07, 6.45) is 3.41. The van der Waals surface area contributed by atoms with Crippen LogP contribution in [0.15, 0.2) is 42.6 Å². The number of urea groups is 1.